The first-order valence-corrected chi connectivity index (χ1v) is 8.76. The molecule has 0 aromatic carbocycles. The Balaban J connectivity index is 0.00000220. The van der Waals surface area contributed by atoms with Gasteiger partial charge >= 0.3 is 0 Å². The molecule has 1 aliphatic heterocycles. The van der Waals surface area contributed by atoms with Crippen molar-refractivity contribution in [2.45, 2.75) is 38.3 Å². The van der Waals surface area contributed by atoms with Crippen LogP contribution < -0.4 is 5.32 Å². The Bertz CT molecular complexity index is 524. The molecule has 0 spiro atoms. The molecule has 0 radical (unpaired) electrons. The molecule has 0 unspecified atom stereocenters. The highest BCUT2D eigenvalue weighted by molar-refractivity contribution is 7.89. The molecule has 2 heterocycles. The van der Waals surface area contributed by atoms with Crippen LogP contribution in [0.3, 0.4) is 0 Å². The Morgan fingerprint density at radius 3 is 2.57 bits per heavy atom. The minimum Gasteiger partial charge on any atom is -0.317 e. The van der Waals surface area contributed by atoms with E-state index < -0.39 is 10.0 Å². The van der Waals surface area contributed by atoms with Gasteiger partial charge in [-0.2, -0.15) is 9.40 Å². The Morgan fingerprint density at radius 2 is 2.00 bits per heavy atom. The van der Waals surface area contributed by atoms with E-state index in [0.717, 1.165) is 25.9 Å². The van der Waals surface area contributed by atoms with Gasteiger partial charge in [-0.3, -0.25) is 4.68 Å². The largest absolute Gasteiger partial charge is 0.317 e. The standard InChI is InChI=1S/C13H24N4O2S.ClH/c1-3-14-11-12-6-9-16(10-7-12)20(18,19)13-5-8-15-17(13)4-2;/h5,8,12,14H,3-4,6-7,9-11H2,1-2H3;1H. The van der Waals surface area contributed by atoms with Crippen molar-refractivity contribution in [3.8, 4) is 0 Å². The average Bonchev–Trinajstić information content (AvgIpc) is 2.95. The topological polar surface area (TPSA) is 67.2 Å². The third-order valence-corrected chi connectivity index (χ3v) is 5.76. The number of hydrogen-bond acceptors (Lipinski definition) is 4. The number of piperidine rings is 1. The predicted octanol–water partition coefficient (Wildman–Crippen LogP) is 1.33. The summed E-state index contributed by atoms with van der Waals surface area (Å²) in [6.07, 6.45) is 3.40. The molecule has 0 aliphatic carbocycles. The van der Waals surface area contributed by atoms with Crippen LogP contribution in [-0.4, -0.2) is 48.7 Å². The van der Waals surface area contributed by atoms with Gasteiger partial charge in [-0.15, -0.1) is 12.4 Å². The molecule has 2 rings (SSSR count). The van der Waals surface area contributed by atoms with Crippen molar-refractivity contribution in [2.24, 2.45) is 5.92 Å². The zero-order valence-corrected chi connectivity index (χ0v) is 14.3. The molecule has 1 N–H and O–H groups in total. The van der Waals surface area contributed by atoms with Gasteiger partial charge < -0.3 is 5.32 Å². The fraction of sp³-hybridized carbons (Fsp3) is 0.769. The van der Waals surface area contributed by atoms with E-state index in [4.69, 9.17) is 0 Å². The van der Waals surface area contributed by atoms with Crippen molar-refractivity contribution in [2.75, 3.05) is 26.2 Å². The Labute approximate surface area is 133 Å². The van der Waals surface area contributed by atoms with E-state index in [1.165, 1.54) is 0 Å². The predicted molar refractivity (Wildman–Crippen MR) is 85.2 cm³/mol. The molecule has 0 bridgehead atoms. The maximum absolute atomic E-state index is 12.6. The zero-order valence-electron chi connectivity index (χ0n) is 12.7. The van der Waals surface area contributed by atoms with Gasteiger partial charge in [-0.05, 0) is 44.8 Å². The average molecular weight is 337 g/mol. The van der Waals surface area contributed by atoms with Gasteiger partial charge in [0.25, 0.3) is 10.0 Å². The first-order chi connectivity index (χ1) is 9.59. The van der Waals surface area contributed by atoms with Gasteiger partial charge in [0.05, 0.1) is 6.20 Å². The minimum atomic E-state index is -3.39. The van der Waals surface area contributed by atoms with Gasteiger partial charge in [-0.1, -0.05) is 6.92 Å². The van der Waals surface area contributed by atoms with E-state index in [0.29, 0.717) is 30.6 Å². The van der Waals surface area contributed by atoms with Crippen LogP contribution in [0.5, 0.6) is 0 Å². The number of halogens is 1. The third kappa shape index (κ3) is 4.18. The second-order valence-electron chi connectivity index (χ2n) is 5.14. The molecule has 1 aliphatic rings. The highest BCUT2D eigenvalue weighted by atomic mass is 35.5. The summed E-state index contributed by atoms with van der Waals surface area (Å²) in [7, 11) is -3.39. The monoisotopic (exact) mass is 336 g/mol. The number of sulfonamides is 1. The molecule has 122 valence electrons. The first kappa shape index (κ1) is 18.4. The lowest BCUT2D eigenvalue weighted by molar-refractivity contribution is 0.267. The van der Waals surface area contributed by atoms with Crippen molar-refractivity contribution in [3.63, 3.8) is 0 Å². The molecular formula is C13H25ClN4O2S. The maximum Gasteiger partial charge on any atom is 0.260 e. The van der Waals surface area contributed by atoms with E-state index in [1.807, 2.05) is 6.92 Å². The Hall–Kier alpha value is -0.630. The lowest BCUT2D eigenvalue weighted by Crippen LogP contribution is -2.41. The Morgan fingerprint density at radius 1 is 1.33 bits per heavy atom. The van der Waals surface area contributed by atoms with Crippen LogP contribution in [0.15, 0.2) is 17.3 Å². The van der Waals surface area contributed by atoms with Crippen LogP contribution in [0.4, 0.5) is 0 Å². The summed E-state index contributed by atoms with van der Waals surface area (Å²) in [5.74, 6) is 0.581. The molecule has 1 aromatic heterocycles. The Kier molecular flexibility index (Phi) is 7.12. The quantitative estimate of drug-likeness (QED) is 0.851. The normalized spacial score (nSPS) is 17.6. The molecule has 0 saturated carbocycles. The maximum atomic E-state index is 12.6. The van der Waals surface area contributed by atoms with Crippen molar-refractivity contribution >= 4 is 22.4 Å². The molecule has 21 heavy (non-hydrogen) atoms. The van der Waals surface area contributed by atoms with Crippen LogP contribution >= 0.6 is 12.4 Å². The summed E-state index contributed by atoms with van der Waals surface area (Å²) >= 11 is 0. The van der Waals surface area contributed by atoms with E-state index >= 15 is 0 Å². The lowest BCUT2D eigenvalue weighted by Gasteiger charge is -2.31. The molecule has 1 fully saturated rings. The number of nitrogens with zero attached hydrogens (tertiary/aromatic N) is 3. The van der Waals surface area contributed by atoms with Gasteiger partial charge in [0.15, 0.2) is 5.03 Å². The van der Waals surface area contributed by atoms with Crippen molar-refractivity contribution < 1.29 is 8.42 Å². The van der Waals surface area contributed by atoms with Crippen LogP contribution in [0, 0.1) is 5.92 Å². The fourth-order valence-corrected chi connectivity index (χ4v) is 4.24. The highest BCUT2D eigenvalue weighted by Gasteiger charge is 2.31. The van der Waals surface area contributed by atoms with Crippen LogP contribution in [0.25, 0.3) is 0 Å². The van der Waals surface area contributed by atoms with E-state index in [2.05, 4.69) is 17.3 Å². The number of nitrogens with one attached hydrogen (secondary N) is 1. The van der Waals surface area contributed by atoms with E-state index in [-0.39, 0.29) is 12.4 Å². The highest BCUT2D eigenvalue weighted by Crippen LogP contribution is 2.23. The number of hydrogen-bond donors (Lipinski definition) is 1. The van der Waals surface area contributed by atoms with Gasteiger partial charge in [-0.25, -0.2) is 8.42 Å². The second-order valence-corrected chi connectivity index (χ2v) is 7.03. The zero-order chi connectivity index (χ0) is 14.6. The third-order valence-electron chi connectivity index (χ3n) is 3.84. The lowest BCUT2D eigenvalue weighted by atomic mass is 9.98. The van der Waals surface area contributed by atoms with Gasteiger partial charge in [0, 0.05) is 19.6 Å². The summed E-state index contributed by atoms with van der Waals surface area (Å²) in [4.78, 5) is 0. The van der Waals surface area contributed by atoms with Crippen molar-refractivity contribution in [1.82, 2.24) is 19.4 Å². The van der Waals surface area contributed by atoms with Crippen LogP contribution in [0.2, 0.25) is 0 Å². The molecule has 1 saturated heterocycles. The molecule has 6 nitrogen and oxygen atoms in total. The minimum absolute atomic E-state index is 0. The molecule has 0 amide bonds. The number of aromatic nitrogens is 2. The first-order valence-electron chi connectivity index (χ1n) is 7.32. The van der Waals surface area contributed by atoms with Crippen molar-refractivity contribution in [3.05, 3.63) is 12.3 Å². The summed E-state index contributed by atoms with van der Waals surface area (Å²) in [5, 5.41) is 7.70. The van der Waals surface area contributed by atoms with Crippen LogP contribution in [-0.2, 0) is 16.6 Å². The summed E-state index contributed by atoms with van der Waals surface area (Å²) in [5.41, 5.74) is 0. The van der Waals surface area contributed by atoms with Gasteiger partial charge in [0.1, 0.15) is 0 Å². The van der Waals surface area contributed by atoms with Gasteiger partial charge in [0.2, 0.25) is 0 Å². The SMILES string of the molecule is CCNCC1CCN(S(=O)(=O)c2ccnn2CC)CC1.Cl. The smallest absolute Gasteiger partial charge is 0.260 e. The number of aryl methyl sites for hydroxylation is 1. The summed E-state index contributed by atoms with van der Waals surface area (Å²) in [6.45, 7) is 7.71. The summed E-state index contributed by atoms with van der Waals surface area (Å²) < 4.78 is 28.3. The van der Waals surface area contributed by atoms with Crippen LogP contribution in [0.1, 0.15) is 26.7 Å². The van der Waals surface area contributed by atoms with E-state index in [1.54, 1.807) is 21.3 Å². The molecule has 0 atom stereocenters. The summed E-state index contributed by atoms with van der Waals surface area (Å²) in [6, 6.07) is 1.59. The molecule has 1 aromatic rings. The van der Waals surface area contributed by atoms with Crippen molar-refractivity contribution in [1.29, 1.82) is 0 Å². The molecule has 8 heteroatoms. The second kappa shape index (κ2) is 8.12. The molecular weight excluding hydrogens is 312 g/mol. The number of rotatable bonds is 6. The van der Waals surface area contributed by atoms with E-state index in [9.17, 15) is 8.42 Å². The fourth-order valence-electron chi connectivity index (χ4n) is 2.61.